The molecule has 54 heavy (non-hydrogen) atoms. The third kappa shape index (κ3) is 5.17. The summed E-state index contributed by atoms with van der Waals surface area (Å²) in [6.07, 6.45) is 0. The van der Waals surface area contributed by atoms with Gasteiger partial charge in [0, 0.05) is 17.1 Å². The fraction of sp³-hybridized carbons (Fsp3) is 0.0189. The Kier molecular flexibility index (Phi) is 7.78. The van der Waals surface area contributed by atoms with E-state index in [1.807, 2.05) is 0 Å². The van der Waals surface area contributed by atoms with Crippen molar-refractivity contribution in [1.29, 1.82) is 0 Å². The summed E-state index contributed by atoms with van der Waals surface area (Å²) in [6.45, 7) is 0. The zero-order valence-electron chi connectivity index (χ0n) is 29.8. The highest BCUT2D eigenvalue weighted by atomic mass is 15.1. The highest BCUT2D eigenvalue weighted by Crippen LogP contribution is 2.58. The molecular weight excluding hydrogens is 651 g/mol. The van der Waals surface area contributed by atoms with Gasteiger partial charge in [-0.3, -0.25) is 0 Å². The monoisotopic (exact) mass is 687 g/mol. The van der Waals surface area contributed by atoms with Crippen molar-refractivity contribution in [2.24, 2.45) is 0 Å². The van der Waals surface area contributed by atoms with Crippen LogP contribution in [-0.2, 0) is 5.41 Å². The van der Waals surface area contributed by atoms with Gasteiger partial charge in [-0.05, 0) is 109 Å². The Labute approximate surface area is 317 Å². The molecule has 0 aromatic heterocycles. The molecule has 0 saturated carbocycles. The molecular formula is C53H37N. The molecule has 1 aliphatic rings. The van der Waals surface area contributed by atoms with Crippen molar-refractivity contribution >= 4 is 27.8 Å². The summed E-state index contributed by atoms with van der Waals surface area (Å²) >= 11 is 0. The van der Waals surface area contributed by atoms with E-state index in [0.29, 0.717) is 0 Å². The van der Waals surface area contributed by atoms with E-state index in [0.717, 1.165) is 17.1 Å². The number of hydrogen-bond donors (Lipinski definition) is 0. The fourth-order valence-corrected chi connectivity index (χ4v) is 8.73. The summed E-state index contributed by atoms with van der Waals surface area (Å²) in [5.41, 5.74) is 15.6. The lowest BCUT2D eigenvalue weighted by atomic mass is 9.67. The van der Waals surface area contributed by atoms with E-state index in [1.165, 1.54) is 66.4 Å². The third-order valence-electron chi connectivity index (χ3n) is 11.1. The molecule has 254 valence electrons. The molecule has 0 radical (unpaired) electrons. The lowest BCUT2D eigenvalue weighted by molar-refractivity contribution is 0.768. The number of rotatable bonds is 7. The summed E-state index contributed by atoms with van der Waals surface area (Å²) in [4.78, 5) is 2.36. The first kappa shape index (κ1) is 31.7. The second-order valence-corrected chi connectivity index (χ2v) is 14.1. The first-order valence-corrected chi connectivity index (χ1v) is 18.7. The average Bonchev–Trinajstić information content (AvgIpc) is 3.56. The molecule has 0 amide bonds. The quantitative estimate of drug-likeness (QED) is 0.161. The van der Waals surface area contributed by atoms with E-state index in [1.54, 1.807) is 0 Å². The highest BCUT2D eigenvalue weighted by molar-refractivity contribution is 5.96. The van der Waals surface area contributed by atoms with E-state index in [2.05, 4.69) is 229 Å². The second kappa shape index (κ2) is 13.2. The van der Waals surface area contributed by atoms with Crippen LogP contribution in [0.2, 0.25) is 0 Å². The molecule has 1 heteroatoms. The Morgan fingerprint density at radius 3 is 1.50 bits per heavy atom. The van der Waals surface area contributed by atoms with Gasteiger partial charge in [0.25, 0.3) is 0 Å². The first-order valence-electron chi connectivity index (χ1n) is 18.7. The topological polar surface area (TPSA) is 3.24 Å². The summed E-state index contributed by atoms with van der Waals surface area (Å²) in [6, 6.07) is 81.8. The van der Waals surface area contributed by atoms with Gasteiger partial charge in [-0.15, -0.1) is 0 Å². The molecule has 9 aromatic rings. The number of nitrogens with zero attached hydrogens (tertiary/aromatic N) is 1. The fourth-order valence-electron chi connectivity index (χ4n) is 8.73. The van der Waals surface area contributed by atoms with Crippen molar-refractivity contribution in [3.05, 3.63) is 247 Å². The molecule has 0 bridgehead atoms. The predicted octanol–water partition coefficient (Wildman–Crippen LogP) is 14.0. The zero-order chi connectivity index (χ0) is 35.9. The molecule has 0 aliphatic heterocycles. The lowest BCUT2D eigenvalue weighted by Gasteiger charge is -2.34. The minimum Gasteiger partial charge on any atom is -0.310 e. The Balaban J connectivity index is 1.09. The normalized spacial score (nSPS) is 12.6. The van der Waals surface area contributed by atoms with Crippen LogP contribution in [0.3, 0.4) is 0 Å². The average molecular weight is 688 g/mol. The lowest BCUT2D eigenvalue weighted by Crippen LogP contribution is -2.28. The van der Waals surface area contributed by atoms with E-state index in [9.17, 15) is 0 Å². The van der Waals surface area contributed by atoms with Gasteiger partial charge in [-0.25, -0.2) is 0 Å². The van der Waals surface area contributed by atoms with Crippen LogP contribution in [0.25, 0.3) is 44.2 Å². The maximum Gasteiger partial charge on any atom is 0.0713 e. The minimum atomic E-state index is -0.424. The van der Waals surface area contributed by atoms with Crippen molar-refractivity contribution in [1.82, 2.24) is 0 Å². The van der Waals surface area contributed by atoms with Gasteiger partial charge in [0.15, 0.2) is 0 Å². The van der Waals surface area contributed by atoms with Crippen LogP contribution in [-0.4, -0.2) is 0 Å². The maximum absolute atomic E-state index is 2.36. The van der Waals surface area contributed by atoms with Crippen molar-refractivity contribution in [2.75, 3.05) is 4.90 Å². The smallest absolute Gasteiger partial charge is 0.0713 e. The number of fused-ring (bicyclic) bond motifs is 4. The van der Waals surface area contributed by atoms with Gasteiger partial charge < -0.3 is 4.90 Å². The van der Waals surface area contributed by atoms with Gasteiger partial charge in [0.05, 0.1) is 5.41 Å². The van der Waals surface area contributed by atoms with Crippen LogP contribution in [0.15, 0.2) is 224 Å². The van der Waals surface area contributed by atoms with E-state index < -0.39 is 5.41 Å². The van der Waals surface area contributed by atoms with Crippen LogP contribution in [0.5, 0.6) is 0 Å². The largest absolute Gasteiger partial charge is 0.310 e. The maximum atomic E-state index is 2.36. The molecule has 0 N–H and O–H groups in total. The summed E-state index contributed by atoms with van der Waals surface area (Å²) < 4.78 is 0. The van der Waals surface area contributed by atoms with Crippen LogP contribution in [0.4, 0.5) is 17.1 Å². The first-order chi connectivity index (χ1) is 26.8. The minimum absolute atomic E-state index is 0.424. The van der Waals surface area contributed by atoms with E-state index in [-0.39, 0.29) is 0 Å². The summed E-state index contributed by atoms with van der Waals surface area (Å²) in [7, 11) is 0. The van der Waals surface area contributed by atoms with E-state index >= 15 is 0 Å². The number of para-hydroxylation sites is 1. The molecule has 0 fully saturated rings. The third-order valence-corrected chi connectivity index (χ3v) is 11.1. The molecule has 0 saturated heterocycles. The Hall–Kier alpha value is -6.96. The Morgan fingerprint density at radius 2 is 0.796 bits per heavy atom. The van der Waals surface area contributed by atoms with Crippen molar-refractivity contribution in [2.45, 2.75) is 5.41 Å². The van der Waals surface area contributed by atoms with Crippen LogP contribution in [0, 0.1) is 0 Å². The molecule has 0 unspecified atom stereocenters. The standard InChI is InChI=1S/C53H37N/c1-5-16-38(17-6-1)40-28-29-42-37-47(35-32-41(42)36-40)54(45-22-11-4-12-23-45)46-33-30-39(31-34-46)48-25-15-27-51-52(48)49-24-13-14-26-50(49)53(51,43-18-7-2-8-19-43)44-20-9-3-10-21-44/h1-37H. The van der Waals surface area contributed by atoms with Crippen molar-refractivity contribution in [3.8, 4) is 33.4 Å². The number of anilines is 3. The molecule has 1 nitrogen and oxygen atoms in total. The van der Waals surface area contributed by atoms with Gasteiger partial charge in [-0.1, -0.05) is 182 Å². The summed E-state index contributed by atoms with van der Waals surface area (Å²) in [5, 5.41) is 2.44. The van der Waals surface area contributed by atoms with Gasteiger partial charge >= 0.3 is 0 Å². The predicted molar refractivity (Wildman–Crippen MR) is 227 cm³/mol. The molecule has 10 rings (SSSR count). The molecule has 9 aromatic carbocycles. The van der Waals surface area contributed by atoms with Gasteiger partial charge in [0.2, 0.25) is 0 Å². The van der Waals surface area contributed by atoms with Gasteiger partial charge in [-0.2, -0.15) is 0 Å². The zero-order valence-corrected chi connectivity index (χ0v) is 29.8. The van der Waals surface area contributed by atoms with Gasteiger partial charge in [0.1, 0.15) is 0 Å². The Bertz CT molecular complexity index is 2700. The number of hydrogen-bond acceptors (Lipinski definition) is 1. The van der Waals surface area contributed by atoms with E-state index in [4.69, 9.17) is 0 Å². The second-order valence-electron chi connectivity index (χ2n) is 14.1. The van der Waals surface area contributed by atoms with Crippen LogP contribution in [0.1, 0.15) is 22.3 Å². The molecule has 0 atom stereocenters. The SMILES string of the molecule is c1ccc(-c2ccc3cc(N(c4ccccc4)c4ccc(-c5cccc6c5-c5ccccc5C6(c5ccccc5)c5ccccc5)cc4)ccc3c2)cc1. The van der Waals surface area contributed by atoms with Crippen molar-refractivity contribution < 1.29 is 0 Å². The van der Waals surface area contributed by atoms with Crippen molar-refractivity contribution in [3.63, 3.8) is 0 Å². The molecule has 1 aliphatic carbocycles. The number of benzene rings is 9. The van der Waals surface area contributed by atoms with Crippen LogP contribution < -0.4 is 4.90 Å². The summed E-state index contributed by atoms with van der Waals surface area (Å²) in [5.74, 6) is 0. The van der Waals surface area contributed by atoms with Crippen LogP contribution >= 0.6 is 0 Å². The highest BCUT2D eigenvalue weighted by Gasteiger charge is 2.46. The molecule has 0 spiro atoms. The Morgan fingerprint density at radius 1 is 0.296 bits per heavy atom. The molecule has 0 heterocycles.